The lowest BCUT2D eigenvalue weighted by atomic mass is 10.1. The Morgan fingerprint density at radius 1 is 1.00 bits per heavy atom. The van der Waals surface area contributed by atoms with Crippen molar-refractivity contribution in [2.75, 3.05) is 0 Å². The third-order valence-corrected chi connectivity index (χ3v) is 4.52. The van der Waals surface area contributed by atoms with E-state index in [1.165, 1.54) is 18.3 Å². The van der Waals surface area contributed by atoms with E-state index >= 15 is 0 Å². The van der Waals surface area contributed by atoms with Crippen LogP contribution in [0.15, 0.2) is 59.1 Å². The Labute approximate surface area is 164 Å². The maximum absolute atomic E-state index is 12.2. The van der Waals surface area contributed by atoms with E-state index in [1.54, 1.807) is 30.3 Å². The molecule has 2 amide bonds. The molecule has 8 heteroatoms. The van der Waals surface area contributed by atoms with Crippen molar-refractivity contribution in [3.8, 4) is 11.3 Å². The fourth-order valence-electron chi connectivity index (χ4n) is 2.82. The second kappa shape index (κ2) is 7.28. The number of carbonyl (C=O) groups excluding carboxylic acids is 3. The molecular weight excluding hydrogens is 384 g/mol. The Morgan fingerprint density at radius 3 is 2.25 bits per heavy atom. The van der Waals surface area contributed by atoms with Crippen LogP contribution in [0, 0.1) is 0 Å². The van der Waals surface area contributed by atoms with Crippen LogP contribution in [0.4, 0.5) is 0 Å². The van der Waals surface area contributed by atoms with Crippen LogP contribution in [-0.2, 0) is 16.1 Å². The lowest BCUT2D eigenvalue weighted by molar-refractivity contribution is -0.168. The van der Waals surface area contributed by atoms with Crippen molar-refractivity contribution < 1.29 is 23.6 Å². The van der Waals surface area contributed by atoms with Gasteiger partial charge < -0.3 is 9.25 Å². The van der Waals surface area contributed by atoms with Gasteiger partial charge in [-0.05, 0) is 24.3 Å². The fraction of sp³-hybridized carbons (Fsp3) is 0.100. The summed E-state index contributed by atoms with van der Waals surface area (Å²) in [5, 5.41) is 1.01. The average Bonchev–Trinajstić information content (AvgIpc) is 3.26. The third-order valence-electron chi connectivity index (χ3n) is 4.19. The van der Waals surface area contributed by atoms with Crippen LogP contribution in [0.1, 0.15) is 33.0 Å². The van der Waals surface area contributed by atoms with E-state index in [4.69, 9.17) is 20.9 Å². The highest BCUT2D eigenvalue weighted by Gasteiger charge is 2.38. The predicted molar refractivity (Wildman–Crippen MR) is 98.3 cm³/mol. The molecule has 0 saturated carbocycles. The Morgan fingerprint density at radius 2 is 1.61 bits per heavy atom. The van der Waals surface area contributed by atoms with Crippen molar-refractivity contribution in [3.63, 3.8) is 0 Å². The molecule has 3 aromatic rings. The van der Waals surface area contributed by atoms with E-state index in [0.717, 1.165) is 0 Å². The van der Waals surface area contributed by atoms with Gasteiger partial charge in [0.05, 0.1) is 28.8 Å². The van der Waals surface area contributed by atoms with Crippen molar-refractivity contribution in [2.24, 2.45) is 0 Å². The summed E-state index contributed by atoms with van der Waals surface area (Å²) in [6.07, 6.45) is 1.55. The Kier molecular flexibility index (Phi) is 4.67. The van der Waals surface area contributed by atoms with Crippen LogP contribution in [-0.4, -0.2) is 27.8 Å². The quantitative estimate of drug-likeness (QED) is 0.611. The minimum Gasteiger partial charge on any atom is -0.441 e. The van der Waals surface area contributed by atoms with Gasteiger partial charge in [-0.2, -0.15) is 0 Å². The van der Waals surface area contributed by atoms with Gasteiger partial charge in [-0.3, -0.25) is 9.59 Å². The number of fused-ring (bicyclic) bond motifs is 1. The van der Waals surface area contributed by atoms with E-state index in [-0.39, 0.29) is 24.0 Å². The minimum absolute atomic E-state index is 0.115. The van der Waals surface area contributed by atoms with Gasteiger partial charge >= 0.3 is 5.97 Å². The third kappa shape index (κ3) is 3.27. The molecule has 0 atom stereocenters. The largest absolute Gasteiger partial charge is 0.441 e. The zero-order valence-corrected chi connectivity index (χ0v) is 15.2. The van der Waals surface area contributed by atoms with Crippen molar-refractivity contribution in [2.45, 2.75) is 12.8 Å². The second-order valence-corrected chi connectivity index (χ2v) is 6.42. The zero-order valence-electron chi connectivity index (χ0n) is 14.4. The number of aryl methyl sites for hydroxylation is 1. The van der Waals surface area contributed by atoms with Gasteiger partial charge in [0.1, 0.15) is 0 Å². The maximum atomic E-state index is 12.2. The number of oxazole rings is 1. The summed E-state index contributed by atoms with van der Waals surface area (Å²) in [6.45, 7) is 0. The van der Waals surface area contributed by atoms with E-state index in [1.807, 2.05) is 6.07 Å². The van der Waals surface area contributed by atoms with Crippen LogP contribution in [0.2, 0.25) is 5.02 Å². The van der Waals surface area contributed by atoms with Gasteiger partial charge in [0.25, 0.3) is 11.8 Å². The SMILES string of the molecule is O=C(CCc1ncc(-c2ccccc2Cl)o1)ON1C(=O)c2ccccc2C1=O. The van der Waals surface area contributed by atoms with Gasteiger partial charge in [0.2, 0.25) is 0 Å². The highest BCUT2D eigenvalue weighted by atomic mass is 35.5. The summed E-state index contributed by atoms with van der Waals surface area (Å²) in [6, 6.07) is 13.4. The molecule has 0 aliphatic carbocycles. The summed E-state index contributed by atoms with van der Waals surface area (Å²) in [5.74, 6) is -1.27. The van der Waals surface area contributed by atoms with Gasteiger partial charge in [0, 0.05) is 12.0 Å². The number of carbonyl (C=O) groups is 3. The van der Waals surface area contributed by atoms with Gasteiger partial charge in [0.15, 0.2) is 11.7 Å². The molecule has 28 heavy (non-hydrogen) atoms. The number of amides is 2. The molecule has 0 radical (unpaired) electrons. The van der Waals surface area contributed by atoms with Crippen LogP contribution < -0.4 is 0 Å². The molecule has 2 heterocycles. The first kappa shape index (κ1) is 17.9. The first-order chi connectivity index (χ1) is 13.5. The van der Waals surface area contributed by atoms with Crippen LogP contribution in [0.25, 0.3) is 11.3 Å². The second-order valence-electron chi connectivity index (χ2n) is 6.01. The molecule has 0 spiro atoms. The number of hydrogen-bond acceptors (Lipinski definition) is 6. The summed E-state index contributed by atoms with van der Waals surface area (Å²) in [7, 11) is 0. The molecule has 7 nitrogen and oxygen atoms in total. The molecule has 0 unspecified atom stereocenters. The highest BCUT2D eigenvalue weighted by Crippen LogP contribution is 2.28. The number of aromatic nitrogens is 1. The lowest BCUT2D eigenvalue weighted by Crippen LogP contribution is -2.32. The number of rotatable bonds is 5. The molecule has 1 aliphatic heterocycles. The Hall–Kier alpha value is -3.45. The number of nitrogens with zero attached hydrogens (tertiary/aromatic N) is 2. The monoisotopic (exact) mass is 396 g/mol. The lowest BCUT2D eigenvalue weighted by Gasteiger charge is -2.12. The smallest absolute Gasteiger partial charge is 0.333 e. The van der Waals surface area contributed by atoms with Crippen molar-refractivity contribution in [1.29, 1.82) is 0 Å². The van der Waals surface area contributed by atoms with Crippen molar-refractivity contribution in [3.05, 3.63) is 76.8 Å². The number of hydroxylamine groups is 2. The highest BCUT2D eigenvalue weighted by molar-refractivity contribution is 6.33. The molecule has 140 valence electrons. The van der Waals surface area contributed by atoms with Gasteiger partial charge in [-0.25, -0.2) is 9.78 Å². The van der Waals surface area contributed by atoms with Crippen LogP contribution in [0.5, 0.6) is 0 Å². The molecule has 1 aromatic heterocycles. The summed E-state index contributed by atoms with van der Waals surface area (Å²) >= 11 is 6.13. The van der Waals surface area contributed by atoms with E-state index in [2.05, 4.69) is 4.98 Å². The number of halogens is 1. The predicted octanol–water partition coefficient (Wildman–Crippen LogP) is 3.68. The Bertz CT molecular complexity index is 1060. The van der Waals surface area contributed by atoms with Crippen LogP contribution in [0.3, 0.4) is 0 Å². The normalized spacial score (nSPS) is 13.0. The molecule has 0 N–H and O–H groups in total. The average molecular weight is 397 g/mol. The molecule has 4 rings (SSSR count). The molecule has 0 fully saturated rings. The molecule has 0 saturated heterocycles. The van der Waals surface area contributed by atoms with E-state index in [9.17, 15) is 14.4 Å². The number of hydrogen-bond donors (Lipinski definition) is 0. The molecule has 2 aromatic carbocycles. The van der Waals surface area contributed by atoms with Crippen molar-refractivity contribution >= 4 is 29.4 Å². The van der Waals surface area contributed by atoms with Gasteiger partial charge in [-0.1, -0.05) is 40.9 Å². The standard InChI is InChI=1S/C20H13ClN2O5/c21-15-8-4-3-7-14(15)16-11-22-17(27-16)9-10-18(24)28-23-19(25)12-5-1-2-6-13(12)20(23)26/h1-8,11H,9-10H2. The van der Waals surface area contributed by atoms with Crippen LogP contribution >= 0.6 is 11.6 Å². The maximum Gasteiger partial charge on any atom is 0.333 e. The summed E-state index contributed by atoms with van der Waals surface area (Å²) in [4.78, 5) is 45.5. The number of benzene rings is 2. The molecular formula is C20H13ClN2O5. The topological polar surface area (TPSA) is 89.7 Å². The summed E-state index contributed by atoms with van der Waals surface area (Å²) in [5.41, 5.74) is 1.10. The zero-order chi connectivity index (χ0) is 19.7. The van der Waals surface area contributed by atoms with Gasteiger partial charge in [-0.15, -0.1) is 0 Å². The molecule has 1 aliphatic rings. The summed E-state index contributed by atoms with van der Waals surface area (Å²) < 4.78 is 5.61. The minimum atomic E-state index is -0.744. The molecule has 0 bridgehead atoms. The van der Waals surface area contributed by atoms with E-state index in [0.29, 0.717) is 27.3 Å². The van der Waals surface area contributed by atoms with E-state index < -0.39 is 17.8 Å². The fourth-order valence-corrected chi connectivity index (χ4v) is 3.05. The van der Waals surface area contributed by atoms with Crippen molar-refractivity contribution in [1.82, 2.24) is 10.0 Å². The Balaban J connectivity index is 1.38. The first-order valence-electron chi connectivity index (χ1n) is 8.43. The number of imide groups is 1. The first-order valence-corrected chi connectivity index (χ1v) is 8.80.